The van der Waals surface area contributed by atoms with E-state index in [0.717, 1.165) is 25.9 Å². The van der Waals surface area contributed by atoms with Gasteiger partial charge in [-0.1, -0.05) is 0 Å². The molecule has 1 rings (SSSR count). The average Bonchev–Trinajstić information content (AvgIpc) is 2.34. The van der Waals surface area contributed by atoms with Crippen LogP contribution in [0, 0.1) is 0 Å². The van der Waals surface area contributed by atoms with Gasteiger partial charge in [0.1, 0.15) is 6.04 Å². The Hall–Kier alpha value is -0.950. The molecule has 0 spiro atoms. The number of piperidine rings is 1. The van der Waals surface area contributed by atoms with Gasteiger partial charge in [-0.05, 0) is 44.9 Å². The van der Waals surface area contributed by atoms with Gasteiger partial charge in [0.2, 0.25) is 0 Å². The fraction of sp³-hybridized carbons (Fsp3) is 0.833. The number of hydrogen-bond acceptors (Lipinski definition) is 4. The maximum Gasteiger partial charge on any atom is 0.326 e. The molecule has 1 aliphatic rings. The van der Waals surface area contributed by atoms with Crippen molar-refractivity contribution < 1.29 is 14.7 Å². The lowest BCUT2D eigenvalue weighted by molar-refractivity contribution is -0.139. The fourth-order valence-electron chi connectivity index (χ4n) is 2.16. The summed E-state index contributed by atoms with van der Waals surface area (Å²) in [6.07, 6.45) is 4.35. The second-order valence-corrected chi connectivity index (χ2v) is 5.88. The SMILES string of the molecule is CSCC[C@@H](NC(=O)NC1CCCN(C)C1)C(=O)O. The minimum atomic E-state index is -0.982. The van der Waals surface area contributed by atoms with Gasteiger partial charge in [-0.15, -0.1) is 0 Å². The third-order valence-electron chi connectivity index (χ3n) is 3.17. The zero-order valence-electron chi connectivity index (χ0n) is 11.5. The lowest BCUT2D eigenvalue weighted by Crippen LogP contribution is -2.53. The number of rotatable bonds is 6. The first-order chi connectivity index (χ1) is 9.02. The number of thioether (sulfide) groups is 1. The average molecular weight is 289 g/mol. The van der Waals surface area contributed by atoms with Crippen molar-refractivity contribution in [2.75, 3.05) is 32.1 Å². The summed E-state index contributed by atoms with van der Waals surface area (Å²) in [4.78, 5) is 25.0. The Kier molecular flexibility index (Phi) is 7.01. The maximum atomic E-state index is 11.8. The Labute approximate surface area is 118 Å². The highest BCUT2D eigenvalue weighted by Crippen LogP contribution is 2.08. The van der Waals surface area contributed by atoms with Crippen molar-refractivity contribution in [3.63, 3.8) is 0 Å². The van der Waals surface area contributed by atoms with E-state index in [1.54, 1.807) is 11.8 Å². The molecule has 1 unspecified atom stereocenters. The van der Waals surface area contributed by atoms with Crippen LogP contribution in [0.5, 0.6) is 0 Å². The monoisotopic (exact) mass is 289 g/mol. The van der Waals surface area contributed by atoms with Crippen molar-refractivity contribution in [1.82, 2.24) is 15.5 Å². The van der Waals surface area contributed by atoms with E-state index in [2.05, 4.69) is 15.5 Å². The molecule has 0 bridgehead atoms. The molecule has 1 heterocycles. The zero-order valence-corrected chi connectivity index (χ0v) is 12.3. The number of likely N-dealkylation sites (N-methyl/N-ethyl adjacent to an activating group) is 1. The van der Waals surface area contributed by atoms with Gasteiger partial charge in [-0.3, -0.25) is 0 Å². The molecular weight excluding hydrogens is 266 g/mol. The van der Waals surface area contributed by atoms with Crippen molar-refractivity contribution >= 4 is 23.8 Å². The van der Waals surface area contributed by atoms with E-state index in [0.29, 0.717) is 12.2 Å². The minimum Gasteiger partial charge on any atom is -0.480 e. The highest BCUT2D eigenvalue weighted by molar-refractivity contribution is 7.98. The number of hydrogen-bond donors (Lipinski definition) is 3. The number of nitrogens with zero attached hydrogens (tertiary/aromatic N) is 1. The Balaban J connectivity index is 2.37. The number of likely N-dealkylation sites (tertiary alicyclic amines) is 1. The number of carboxylic acids is 1. The summed E-state index contributed by atoms with van der Waals surface area (Å²) in [5, 5.41) is 14.4. The number of carboxylic acid groups (broad SMARTS) is 1. The molecular formula is C12H23N3O3S. The van der Waals surface area contributed by atoms with E-state index in [4.69, 9.17) is 5.11 Å². The fourth-order valence-corrected chi connectivity index (χ4v) is 2.63. The Bertz CT molecular complexity index is 315. The van der Waals surface area contributed by atoms with E-state index in [1.165, 1.54) is 0 Å². The number of carbonyl (C=O) groups excluding carboxylic acids is 1. The molecule has 0 saturated carbocycles. The summed E-state index contributed by atoms with van der Waals surface area (Å²) in [6.45, 7) is 1.86. The number of nitrogens with one attached hydrogen (secondary N) is 2. The molecule has 7 heteroatoms. The lowest BCUT2D eigenvalue weighted by Gasteiger charge is -2.30. The number of amides is 2. The highest BCUT2D eigenvalue weighted by Gasteiger charge is 2.23. The van der Waals surface area contributed by atoms with Crippen LogP contribution in [0.15, 0.2) is 0 Å². The predicted molar refractivity (Wildman–Crippen MR) is 76.6 cm³/mol. The van der Waals surface area contributed by atoms with E-state index in [9.17, 15) is 9.59 Å². The normalized spacial score (nSPS) is 21.7. The Morgan fingerprint density at radius 2 is 2.26 bits per heavy atom. The molecule has 110 valence electrons. The van der Waals surface area contributed by atoms with Crippen LogP contribution in [0.3, 0.4) is 0 Å². The maximum absolute atomic E-state index is 11.8. The topological polar surface area (TPSA) is 81.7 Å². The Morgan fingerprint density at radius 3 is 2.84 bits per heavy atom. The van der Waals surface area contributed by atoms with Gasteiger partial charge in [0.05, 0.1) is 0 Å². The van der Waals surface area contributed by atoms with Crippen molar-refractivity contribution in [3.05, 3.63) is 0 Å². The minimum absolute atomic E-state index is 0.105. The third-order valence-corrected chi connectivity index (χ3v) is 3.82. The van der Waals surface area contributed by atoms with Crippen LogP contribution < -0.4 is 10.6 Å². The van der Waals surface area contributed by atoms with Crippen LogP contribution in [-0.4, -0.2) is 66.2 Å². The quantitative estimate of drug-likeness (QED) is 0.666. The van der Waals surface area contributed by atoms with Crippen LogP contribution in [0.1, 0.15) is 19.3 Å². The highest BCUT2D eigenvalue weighted by atomic mass is 32.2. The summed E-state index contributed by atoms with van der Waals surface area (Å²) in [7, 11) is 2.02. The van der Waals surface area contributed by atoms with Crippen LogP contribution in [-0.2, 0) is 4.79 Å². The lowest BCUT2D eigenvalue weighted by atomic mass is 10.1. The number of aliphatic carboxylic acids is 1. The number of carbonyl (C=O) groups is 2. The summed E-state index contributed by atoms with van der Waals surface area (Å²) in [6, 6.07) is -1.09. The second-order valence-electron chi connectivity index (χ2n) is 4.89. The molecule has 2 atom stereocenters. The number of urea groups is 1. The summed E-state index contributed by atoms with van der Waals surface area (Å²) < 4.78 is 0. The first-order valence-electron chi connectivity index (χ1n) is 6.50. The molecule has 0 radical (unpaired) electrons. The molecule has 2 amide bonds. The van der Waals surface area contributed by atoms with Gasteiger partial charge in [0.15, 0.2) is 0 Å². The van der Waals surface area contributed by atoms with Crippen molar-refractivity contribution in [3.8, 4) is 0 Å². The molecule has 6 nitrogen and oxygen atoms in total. The van der Waals surface area contributed by atoms with Gasteiger partial charge >= 0.3 is 12.0 Å². The standard InChI is InChI=1S/C12H23N3O3S/c1-15-6-3-4-9(8-15)13-12(18)14-10(11(16)17)5-7-19-2/h9-10H,3-8H2,1-2H3,(H,16,17)(H2,13,14,18)/t9?,10-/m1/s1. The van der Waals surface area contributed by atoms with Crippen LogP contribution in [0.25, 0.3) is 0 Å². The van der Waals surface area contributed by atoms with E-state index in [-0.39, 0.29) is 12.1 Å². The smallest absolute Gasteiger partial charge is 0.326 e. The molecule has 1 saturated heterocycles. The van der Waals surface area contributed by atoms with Crippen LogP contribution in [0.4, 0.5) is 4.79 Å². The van der Waals surface area contributed by atoms with Crippen LogP contribution in [0.2, 0.25) is 0 Å². The molecule has 0 aromatic carbocycles. The van der Waals surface area contributed by atoms with Gasteiger partial charge in [-0.2, -0.15) is 11.8 Å². The first-order valence-corrected chi connectivity index (χ1v) is 7.89. The van der Waals surface area contributed by atoms with Gasteiger partial charge in [0, 0.05) is 12.6 Å². The first kappa shape index (κ1) is 16.1. The van der Waals surface area contributed by atoms with Crippen molar-refractivity contribution in [2.45, 2.75) is 31.3 Å². The largest absolute Gasteiger partial charge is 0.480 e. The van der Waals surface area contributed by atoms with Gasteiger partial charge in [-0.25, -0.2) is 9.59 Å². The molecule has 3 N–H and O–H groups in total. The second kappa shape index (κ2) is 8.27. The van der Waals surface area contributed by atoms with Crippen molar-refractivity contribution in [1.29, 1.82) is 0 Å². The third kappa shape index (κ3) is 6.15. The predicted octanol–water partition coefficient (Wildman–Crippen LogP) is 0.586. The molecule has 0 aliphatic carbocycles. The summed E-state index contributed by atoms with van der Waals surface area (Å²) >= 11 is 1.57. The van der Waals surface area contributed by atoms with Gasteiger partial charge in [0.25, 0.3) is 0 Å². The van der Waals surface area contributed by atoms with E-state index < -0.39 is 12.0 Å². The molecule has 19 heavy (non-hydrogen) atoms. The Morgan fingerprint density at radius 1 is 1.53 bits per heavy atom. The van der Waals surface area contributed by atoms with E-state index in [1.807, 2.05) is 13.3 Å². The van der Waals surface area contributed by atoms with Crippen molar-refractivity contribution in [2.24, 2.45) is 0 Å². The van der Waals surface area contributed by atoms with E-state index >= 15 is 0 Å². The van der Waals surface area contributed by atoms with Crippen LogP contribution >= 0.6 is 11.8 Å². The summed E-state index contributed by atoms with van der Waals surface area (Å²) in [5.74, 6) is -0.270. The zero-order chi connectivity index (χ0) is 14.3. The van der Waals surface area contributed by atoms with Gasteiger partial charge < -0.3 is 20.6 Å². The molecule has 0 aromatic rings. The molecule has 0 aromatic heterocycles. The molecule has 1 fully saturated rings. The molecule has 1 aliphatic heterocycles. The summed E-state index contributed by atoms with van der Waals surface area (Å²) in [5.41, 5.74) is 0.